The highest BCUT2D eigenvalue weighted by atomic mass is 35.6. The van der Waals surface area contributed by atoms with E-state index in [1.807, 2.05) is 0 Å². The first-order chi connectivity index (χ1) is 10.5. The third-order valence-electron chi connectivity index (χ3n) is 3.36. The van der Waals surface area contributed by atoms with Gasteiger partial charge in [-0.3, -0.25) is 9.59 Å². The van der Waals surface area contributed by atoms with Crippen molar-refractivity contribution in [2.45, 2.75) is 41.4 Å². The zero-order valence-electron chi connectivity index (χ0n) is 11.7. The van der Waals surface area contributed by atoms with Crippen molar-refractivity contribution in [3.05, 3.63) is 0 Å². The number of hydrogen-bond donors (Lipinski definition) is 0. The molecule has 0 radical (unpaired) electrons. The molecule has 0 aromatic carbocycles. The van der Waals surface area contributed by atoms with Crippen LogP contribution in [-0.4, -0.2) is 61.3 Å². The zero-order chi connectivity index (χ0) is 17.7. The summed E-state index contributed by atoms with van der Waals surface area (Å²) in [5, 5.41) is 0. The predicted octanol–water partition coefficient (Wildman–Crippen LogP) is 2.02. The molecule has 2 fully saturated rings. The van der Waals surface area contributed by atoms with Gasteiger partial charge >= 0.3 is 12.2 Å². The second kappa shape index (κ2) is 6.16. The number of alkyl halides is 4. The van der Waals surface area contributed by atoms with Crippen LogP contribution in [0.1, 0.15) is 13.8 Å². The van der Waals surface area contributed by atoms with E-state index in [2.05, 4.69) is 0 Å². The van der Waals surface area contributed by atoms with Crippen molar-refractivity contribution in [2.75, 3.05) is 0 Å². The summed E-state index contributed by atoms with van der Waals surface area (Å²) in [6.07, 6.45) is -3.56. The molecule has 4 amide bonds. The summed E-state index contributed by atoms with van der Waals surface area (Å²) in [6, 6.07) is -2.58. The lowest BCUT2D eigenvalue weighted by Gasteiger charge is -2.33. The number of amides is 4. The van der Waals surface area contributed by atoms with E-state index in [1.54, 1.807) is 0 Å². The van der Waals surface area contributed by atoms with Gasteiger partial charge in [-0.2, -0.15) is 0 Å². The Bertz CT molecular complexity index is 579. The SMILES string of the molecule is CC(=O)N1C(=O)O[C@@H](Cl)[C@@H]1[C@H]1[C@H](C(Cl)(Cl)Cl)OC(=O)N1C(C)=O. The molecule has 0 bridgehead atoms. The maximum Gasteiger partial charge on any atom is 0.418 e. The first-order valence-electron chi connectivity index (χ1n) is 6.18. The van der Waals surface area contributed by atoms with Crippen LogP contribution in [0.25, 0.3) is 0 Å². The molecular formula is C11H10Cl4N2O6. The molecule has 0 unspecified atom stereocenters. The summed E-state index contributed by atoms with van der Waals surface area (Å²) < 4.78 is 7.60. The van der Waals surface area contributed by atoms with Crippen LogP contribution in [0.5, 0.6) is 0 Å². The number of carbonyl (C=O) groups excluding carboxylic acids is 4. The van der Waals surface area contributed by atoms with E-state index in [-0.39, 0.29) is 0 Å². The topological polar surface area (TPSA) is 93.2 Å². The highest BCUT2D eigenvalue weighted by Crippen LogP contribution is 2.43. The van der Waals surface area contributed by atoms with Crippen LogP contribution in [-0.2, 0) is 19.1 Å². The fraction of sp³-hybridized carbons (Fsp3) is 0.636. The Morgan fingerprint density at radius 2 is 1.39 bits per heavy atom. The van der Waals surface area contributed by atoms with Crippen molar-refractivity contribution >= 4 is 70.4 Å². The van der Waals surface area contributed by atoms with Crippen LogP contribution in [0, 0.1) is 0 Å². The van der Waals surface area contributed by atoms with Gasteiger partial charge in [0.1, 0.15) is 12.1 Å². The van der Waals surface area contributed by atoms with Gasteiger partial charge in [-0.05, 0) is 0 Å². The van der Waals surface area contributed by atoms with Gasteiger partial charge in [0, 0.05) is 13.8 Å². The normalized spacial score (nSPS) is 31.2. The minimum atomic E-state index is -2.13. The fourth-order valence-corrected chi connectivity index (χ4v) is 3.39. The maximum atomic E-state index is 11.9. The van der Waals surface area contributed by atoms with E-state index >= 15 is 0 Å². The number of halogens is 4. The molecule has 12 heteroatoms. The number of hydrogen-bond acceptors (Lipinski definition) is 6. The molecule has 2 aliphatic rings. The molecule has 2 rings (SSSR count). The third-order valence-corrected chi connectivity index (χ3v) is 4.35. The van der Waals surface area contributed by atoms with E-state index in [9.17, 15) is 19.2 Å². The Balaban J connectivity index is 2.53. The number of cyclic esters (lactones) is 2. The van der Waals surface area contributed by atoms with Gasteiger partial charge in [0.15, 0.2) is 11.7 Å². The maximum absolute atomic E-state index is 11.9. The van der Waals surface area contributed by atoms with Crippen molar-refractivity contribution in [2.24, 2.45) is 0 Å². The standard InChI is InChI=1S/C11H10Cl4N2O6/c1-3(18)16-5(7(11(13,14)15)22-9(16)20)6-8(12)23-10(21)17(6)4(2)19/h5-8H,1-2H3/t5-,6-,7+,8+/m0/s1. The highest BCUT2D eigenvalue weighted by molar-refractivity contribution is 6.68. The summed E-state index contributed by atoms with van der Waals surface area (Å²) in [5.41, 5.74) is -1.36. The lowest BCUT2D eigenvalue weighted by atomic mass is 10.0. The first-order valence-corrected chi connectivity index (χ1v) is 7.75. The van der Waals surface area contributed by atoms with Crippen LogP contribution in [0.2, 0.25) is 0 Å². The number of ether oxygens (including phenoxy) is 2. The smallest absolute Gasteiger partial charge is 0.418 e. The molecule has 0 aliphatic carbocycles. The Morgan fingerprint density at radius 3 is 1.83 bits per heavy atom. The van der Waals surface area contributed by atoms with E-state index < -0.39 is 51.5 Å². The first kappa shape index (κ1) is 18.4. The van der Waals surface area contributed by atoms with E-state index in [0.29, 0.717) is 9.80 Å². The monoisotopic (exact) mass is 406 g/mol. The minimum absolute atomic E-state index is 0.643. The van der Waals surface area contributed by atoms with Gasteiger partial charge in [0.25, 0.3) is 0 Å². The number of carbonyl (C=O) groups is 4. The molecule has 2 saturated heterocycles. The molecule has 4 atom stereocenters. The van der Waals surface area contributed by atoms with Crippen LogP contribution in [0.15, 0.2) is 0 Å². The number of imide groups is 2. The van der Waals surface area contributed by atoms with Crippen LogP contribution < -0.4 is 0 Å². The van der Waals surface area contributed by atoms with Gasteiger partial charge < -0.3 is 9.47 Å². The predicted molar refractivity (Wildman–Crippen MR) is 79.3 cm³/mol. The van der Waals surface area contributed by atoms with E-state index in [0.717, 1.165) is 13.8 Å². The number of nitrogens with zero attached hydrogens (tertiary/aromatic N) is 2. The summed E-state index contributed by atoms with van der Waals surface area (Å²) in [4.78, 5) is 48.5. The molecule has 23 heavy (non-hydrogen) atoms. The average molecular weight is 408 g/mol. The van der Waals surface area contributed by atoms with Gasteiger partial charge in [-0.25, -0.2) is 19.4 Å². The van der Waals surface area contributed by atoms with Gasteiger partial charge in [-0.1, -0.05) is 46.4 Å². The van der Waals surface area contributed by atoms with E-state index in [1.165, 1.54) is 0 Å². The lowest BCUT2D eigenvalue weighted by Crippen LogP contribution is -2.58. The molecular weight excluding hydrogens is 398 g/mol. The Kier molecular flexibility index (Phi) is 4.92. The second-order valence-electron chi connectivity index (χ2n) is 4.84. The van der Waals surface area contributed by atoms with Crippen molar-refractivity contribution in [1.29, 1.82) is 0 Å². The molecule has 0 N–H and O–H groups in total. The van der Waals surface area contributed by atoms with Gasteiger partial charge in [-0.15, -0.1) is 0 Å². The van der Waals surface area contributed by atoms with Crippen molar-refractivity contribution in [3.63, 3.8) is 0 Å². The second-order valence-corrected chi connectivity index (χ2v) is 7.64. The third kappa shape index (κ3) is 3.17. The highest BCUT2D eigenvalue weighted by Gasteiger charge is 2.62. The van der Waals surface area contributed by atoms with Crippen molar-refractivity contribution < 1.29 is 28.7 Å². The molecule has 8 nitrogen and oxygen atoms in total. The molecule has 0 aromatic rings. The fourth-order valence-electron chi connectivity index (χ4n) is 2.53. The molecule has 0 saturated carbocycles. The van der Waals surface area contributed by atoms with Gasteiger partial charge in [0.05, 0.1) is 0 Å². The minimum Gasteiger partial charge on any atom is -0.439 e. The number of rotatable bonds is 1. The Morgan fingerprint density at radius 1 is 0.957 bits per heavy atom. The lowest BCUT2D eigenvalue weighted by molar-refractivity contribution is -0.132. The Labute approximate surface area is 150 Å². The average Bonchev–Trinajstić information content (AvgIpc) is 2.85. The largest absolute Gasteiger partial charge is 0.439 e. The Hall–Kier alpha value is -0.960. The molecule has 2 heterocycles. The zero-order valence-corrected chi connectivity index (χ0v) is 14.7. The van der Waals surface area contributed by atoms with Crippen LogP contribution in [0.3, 0.4) is 0 Å². The molecule has 128 valence electrons. The molecule has 0 spiro atoms. The van der Waals surface area contributed by atoms with Crippen molar-refractivity contribution in [1.82, 2.24) is 9.80 Å². The summed E-state index contributed by atoms with van der Waals surface area (Å²) in [6.45, 7) is 2.16. The van der Waals surface area contributed by atoms with Crippen LogP contribution >= 0.6 is 46.4 Å². The summed E-state index contributed by atoms with van der Waals surface area (Å²) in [5.74, 6) is -1.45. The molecule has 0 aromatic heterocycles. The summed E-state index contributed by atoms with van der Waals surface area (Å²) >= 11 is 23.4. The summed E-state index contributed by atoms with van der Waals surface area (Å²) in [7, 11) is 0. The van der Waals surface area contributed by atoms with Crippen LogP contribution in [0.4, 0.5) is 9.59 Å². The quantitative estimate of drug-likeness (QED) is 0.617. The van der Waals surface area contributed by atoms with Gasteiger partial charge in [0.2, 0.25) is 15.6 Å². The van der Waals surface area contributed by atoms with E-state index in [4.69, 9.17) is 55.9 Å². The van der Waals surface area contributed by atoms with Crippen molar-refractivity contribution in [3.8, 4) is 0 Å². The molecule has 2 aliphatic heterocycles.